The van der Waals surface area contributed by atoms with Crippen LogP contribution in [0.25, 0.3) is 0 Å². The summed E-state index contributed by atoms with van der Waals surface area (Å²) < 4.78 is 0. The van der Waals surface area contributed by atoms with Crippen LogP contribution in [-0.2, 0) is 0 Å². The molecule has 0 spiro atoms. The smallest absolute Gasteiger partial charge is 0.167 e. The van der Waals surface area contributed by atoms with Gasteiger partial charge in [-0.25, -0.2) is 0 Å². The van der Waals surface area contributed by atoms with Crippen molar-refractivity contribution in [1.29, 1.82) is 0 Å². The highest BCUT2D eigenvalue weighted by Crippen LogP contribution is 2.11. The molecule has 0 N–H and O–H groups in total. The minimum absolute atomic E-state index is 0.929. The molecule has 0 aromatic carbocycles. The summed E-state index contributed by atoms with van der Waals surface area (Å²) >= 11 is 0. The Kier molecular flexibility index (Phi) is 6.76. The lowest BCUT2D eigenvalue weighted by atomic mass is 10.3. The van der Waals surface area contributed by atoms with E-state index in [2.05, 4.69) is 33.6 Å². The quantitative estimate of drug-likeness (QED) is 0.768. The van der Waals surface area contributed by atoms with Gasteiger partial charge in [0.25, 0.3) is 0 Å². The highest BCUT2D eigenvalue weighted by Gasteiger charge is 2.27. The number of hydrogen-bond acceptors (Lipinski definition) is 4. The van der Waals surface area contributed by atoms with E-state index < -0.39 is 0 Å². The zero-order valence-electron chi connectivity index (χ0n) is 12.4. The van der Waals surface area contributed by atoms with Gasteiger partial charge in [0, 0.05) is 26.2 Å². The predicted molar refractivity (Wildman–Crippen MR) is 79.7 cm³/mol. The van der Waals surface area contributed by atoms with Crippen molar-refractivity contribution in [3.8, 4) is 0 Å². The van der Waals surface area contributed by atoms with Crippen LogP contribution in [0.4, 0.5) is 0 Å². The van der Waals surface area contributed by atoms with Gasteiger partial charge in [-0.1, -0.05) is 27.7 Å². The molecule has 0 amide bonds. The minimum atomic E-state index is 0.929. The third-order valence-electron chi connectivity index (χ3n) is 3.05. The summed E-state index contributed by atoms with van der Waals surface area (Å²) in [5, 5.41) is 0. The molecule has 2 aliphatic rings. The van der Waals surface area contributed by atoms with Crippen LogP contribution in [0.2, 0.25) is 0 Å². The Labute approximate surface area is 112 Å². The normalized spacial score (nSPS) is 17.4. The van der Waals surface area contributed by atoms with Gasteiger partial charge in [-0.3, -0.25) is 9.98 Å². The Morgan fingerprint density at radius 3 is 2.11 bits per heavy atom. The molecule has 0 bridgehead atoms. The maximum Gasteiger partial charge on any atom is 0.167 e. The molecular formula is C14H28N4. The Morgan fingerprint density at radius 2 is 1.56 bits per heavy atom. The van der Waals surface area contributed by atoms with Gasteiger partial charge in [-0.15, -0.1) is 0 Å². The molecule has 4 heteroatoms. The van der Waals surface area contributed by atoms with E-state index in [4.69, 9.17) is 0 Å². The fraction of sp³-hybridized carbons (Fsp3) is 0.857. The van der Waals surface area contributed by atoms with Crippen LogP contribution in [0, 0.1) is 0 Å². The molecule has 0 aliphatic carbocycles. The number of fused-ring (bicyclic) bond motifs is 1. The molecule has 4 nitrogen and oxygen atoms in total. The fourth-order valence-corrected chi connectivity index (χ4v) is 2.36. The van der Waals surface area contributed by atoms with Crippen molar-refractivity contribution in [2.75, 3.05) is 39.3 Å². The summed E-state index contributed by atoms with van der Waals surface area (Å²) in [4.78, 5) is 14.0. The second-order valence-electron chi connectivity index (χ2n) is 4.38. The van der Waals surface area contributed by atoms with E-state index >= 15 is 0 Å². The zero-order chi connectivity index (χ0) is 13.4. The van der Waals surface area contributed by atoms with Gasteiger partial charge in [-0.2, -0.15) is 0 Å². The van der Waals surface area contributed by atoms with Gasteiger partial charge >= 0.3 is 0 Å². The molecule has 104 valence electrons. The molecule has 0 saturated heterocycles. The average Bonchev–Trinajstić information content (AvgIpc) is 2.89. The van der Waals surface area contributed by atoms with Crippen molar-refractivity contribution < 1.29 is 0 Å². The average molecular weight is 252 g/mol. The SMILES string of the molecule is CC.CCCN(CCC)C1=NCCN2CCN=C12. The molecule has 0 unspecified atom stereocenters. The molecule has 2 heterocycles. The molecule has 0 saturated carbocycles. The molecule has 0 atom stereocenters. The zero-order valence-corrected chi connectivity index (χ0v) is 12.4. The largest absolute Gasteiger partial charge is 0.354 e. The van der Waals surface area contributed by atoms with E-state index in [0.717, 1.165) is 50.9 Å². The van der Waals surface area contributed by atoms with Crippen molar-refractivity contribution in [1.82, 2.24) is 9.80 Å². The maximum atomic E-state index is 4.68. The topological polar surface area (TPSA) is 31.2 Å². The number of nitrogens with zero attached hydrogens (tertiary/aromatic N) is 4. The summed E-state index contributed by atoms with van der Waals surface area (Å²) in [6.45, 7) is 14.6. The van der Waals surface area contributed by atoms with E-state index in [9.17, 15) is 0 Å². The molecule has 0 radical (unpaired) electrons. The van der Waals surface area contributed by atoms with E-state index in [0.29, 0.717) is 0 Å². The first-order valence-electron chi connectivity index (χ1n) is 7.46. The van der Waals surface area contributed by atoms with Gasteiger partial charge in [0.2, 0.25) is 0 Å². The highest BCUT2D eigenvalue weighted by molar-refractivity contribution is 6.41. The van der Waals surface area contributed by atoms with E-state index in [1.807, 2.05) is 13.8 Å². The Balaban J connectivity index is 0.000000771. The first-order valence-corrected chi connectivity index (χ1v) is 7.46. The molecule has 0 aromatic heterocycles. The van der Waals surface area contributed by atoms with Crippen LogP contribution in [0.15, 0.2) is 9.98 Å². The van der Waals surface area contributed by atoms with E-state index in [1.54, 1.807) is 0 Å². The Bertz CT molecular complexity index is 290. The van der Waals surface area contributed by atoms with Gasteiger partial charge in [0.05, 0.1) is 13.1 Å². The summed E-state index contributed by atoms with van der Waals surface area (Å²) in [5.41, 5.74) is 0. The van der Waals surface area contributed by atoms with Crippen molar-refractivity contribution in [2.24, 2.45) is 9.98 Å². The van der Waals surface area contributed by atoms with Gasteiger partial charge in [0.1, 0.15) is 0 Å². The van der Waals surface area contributed by atoms with Crippen LogP contribution >= 0.6 is 0 Å². The van der Waals surface area contributed by atoms with Crippen LogP contribution in [0.1, 0.15) is 40.5 Å². The van der Waals surface area contributed by atoms with Gasteiger partial charge in [-0.05, 0) is 12.8 Å². The molecule has 2 aliphatic heterocycles. The molecular weight excluding hydrogens is 224 g/mol. The highest BCUT2D eigenvalue weighted by atomic mass is 15.3. The lowest BCUT2D eigenvalue weighted by Crippen LogP contribution is -2.48. The second kappa shape index (κ2) is 8.11. The monoisotopic (exact) mass is 252 g/mol. The van der Waals surface area contributed by atoms with Crippen LogP contribution in [-0.4, -0.2) is 60.7 Å². The first-order chi connectivity index (χ1) is 8.86. The molecule has 18 heavy (non-hydrogen) atoms. The minimum Gasteiger partial charge on any atom is -0.354 e. The Hall–Kier alpha value is -1.06. The van der Waals surface area contributed by atoms with Crippen molar-refractivity contribution in [3.63, 3.8) is 0 Å². The summed E-state index contributed by atoms with van der Waals surface area (Å²) in [5.74, 6) is 2.29. The summed E-state index contributed by atoms with van der Waals surface area (Å²) in [6, 6.07) is 0. The Morgan fingerprint density at radius 1 is 1.00 bits per heavy atom. The fourth-order valence-electron chi connectivity index (χ4n) is 2.36. The lowest BCUT2D eigenvalue weighted by molar-refractivity contribution is 0.399. The summed E-state index contributed by atoms with van der Waals surface area (Å²) in [6.07, 6.45) is 2.35. The van der Waals surface area contributed by atoms with Crippen molar-refractivity contribution >= 4 is 11.7 Å². The van der Waals surface area contributed by atoms with E-state index in [1.165, 1.54) is 12.8 Å². The van der Waals surface area contributed by atoms with Gasteiger partial charge in [0.15, 0.2) is 11.7 Å². The van der Waals surface area contributed by atoms with E-state index in [-0.39, 0.29) is 0 Å². The van der Waals surface area contributed by atoms with Gasteiger partial charge < -0.3 is 9.80 Å². The first kappa shape index (κ1) is 15.0. The van der Waals surface area contributed by atoms with Crippen LogP contribution in [0.5, 0.6) is 0 Å². The number of aliphatic imine (C=N–C) groups is 2. The third kappa shape index (κ3) is 3.47. The van der Waals surface area contributed by atoms with Crippen molar-refractivity contribution in [3.05, 3.63) is 0 Å². The van der Waals surface area contributed by atoms with Crippen LogP contribution in [0.3, 0.4) is 0 Å². The number of rotatable bonds is 4. The number of hydrogen-bond donors (Lipinski definition) is 0. The maximum absolute atomic E-state index is 4.68. The van der Waals surface area contributed by atoms with Crippen molar-refractivity contribution in [2.45, 2.75) is 40.5 Å². The standard InChI is InChI=1S/C12H22N4.C2H6/c1-3-7-15(8-4-2)11-12-14-6-10-16(12)9-5-13-11;1-2/h3-10H2,1-2H3;1-2H3. The molecule has 2 rings (SSSR count). The lowest BCUT2D eigenvalue weighted by Gasteiger charge is -2.32. The summed E-state index contributed by atoms with van der Waals surface area (Å²) in [7, 11) is 0. The number of amidine groups is 2. The third-order valence-corrected chi connectivity index (χ3v) is 3.05. The molecule has 0 aromatic rings. The second-order valence-corrected chi connectivity index (χ2v) is 4.38. The molecule has 0 fully saturated rings. The van der Waals surface area contributed by atoms with Crippen LogP contribution < -0.4 is 0 Å². The predicted octanol–water partition coefficient (Wildman–Crippen LogP) is 2.26.